The fraction of sp³-hybridized carbons (Fsp3) is 0.614. The Morgan fingerprint density at radius 1 is 0.242 bits per heavy atom. The Morgan fingerprint density at radius 3 is 0.887 bits per heavy atom. The Hall–Kier alpha value is -6.04. The monoisotopic (exact) mass is 1770 g/mol. The number of thiophene rings is 2. The molecule has 124 heavy (non-hydrogen) atoms. The van der Waals surface area contributed by atoms with Crippen LogP contribution in [0, 0.1) is 0 Å². The molecule has 0 atom stereocenters. The van der Waals surface area contributed by atoms with E-state index in [1.54, 1.807) is 11.3 Å². The van der Waals surface area contributed by atoms with E-state index in [-0.39, 0.29) is 48.7 Å². The zero-order chi connectivity index (χ0) is 96.4. The lowest BCUT2D eigenvalue weighted by Gasteiger charge is -2.24. The van der Waals surface area contributed by atoms with E-state index in [9.17, 15) is 0 Å². The van der Waals surface area contributed by atoms with Gasteiger partial charge in [0.05, 0.1) is 22.0 Å². The molecule has 0 radical (unpaired) electrons. The molecule has 0 saturated heterocycles. The topological polar surface area (TPSA) is 77.8 Å². The van der Waals surface area contributed by atoms with Gasteiger partial charge in [0, 0.05) is 106 Å². The van der Waals surface area contributed by atoms with Gasteiger partial charge in [-0.05, 0) is 161 Å². The van der Waals surface area contributed by atoms with Crippen molar-refractivity contribution in [1.82, 2.24) is 19.9 Å². The average molecular weight is 1770 g/mol. The molecule has 2 aromatic carbocycles. The summed E-state index contributed by atoms with van der Waals surface area (Å²) in [6.07, 6.45) is 5.88. The third-order valence-electron chi connectivity index (χ3n) is 20.8. The molecule has 0 aliphatic carbocycles. The lowest BCUT2D eigenvalue weighted by atomic mass is 9.81. The van der Waals surface area contributed by atoms with Crippen molar-refractivity contribution in [2.24, 2.45) is 0 Å². The maximum Gasteiger partial charge on any atom is 0.106 e. The highest BCUT2D eigenvalue weighted by Gasteiger charge is 2.25. The fourth-order valence-corrected chi connectivity index (χ4v) is 15.3. The highest BCUT2D eigenvalue weighted by molar-refractivity contribution is 7.12. The fourth-order valence-electron chi connectivity index (χ4n) is 11.2. The Balaban J connectivity index is 0.000000690. The van der Waals surface area contributed by atoms with Crippen molar-refractivity contribution in [3.63, 3.8) is 0 Å². The van der Waals surface area contributed by atoms with Crippen molar-refractivity contribution in [3.8, 4) is 0 Å². The minimum Gasteiger partial charge on any atom is -0.469 e. The summed E-state index contributed by atoms with van der Waals surface area (Å²) in [4.78, 5) is 24.1. The molecule has 8 heterocycles. The van der Waals surface area contributed by atoms with Gasteiger partial charge in [-0.1, -0.05) is 407 Å². The van der Waals surface area contributed by atoms with Crippen LogP contribution in [-0.2, 0) is 54.1 Å². The zero-order valence-electron chi connectivity index (χ0n) is 88.9. The molecule has 8 aromatic heterocycles. The van der Waals surface area contributed by atoms with E-state index < -0.39 is 0 Å². The van der Waals surface area contributed by atoms with E-state index in [2.05, 4.69) is 487 Å². The third-order valence-corrected chi connectivity index (χ3v) is 26.5. The molecule has 0 saturated carbocycles. The van der Waals surface area contributed by atoms with Crippen LogP contribution < -0.4 is 0 Å². The molecule has 0 fully saturated rings. The standard InChI is InChI=1S/C14H22.2C13H21N.C13H20.C11H18O.C11H18S.C10H17NS.C10H16O.C10H16S.C9H15NS/c1-13(2,3)11-8-7-9-12(10-11)14(4,5)6;1-12(2,3)10-7-8-11(14-9-10)13(4,5)6;1-12(2,3)10-8-7-9-11(14-10)13(4,5)6;1-10(2)11-6-8-12(9-7-11)13(3,4)5;2*1-8(2)10-6-9(7-12-10)11(3,4)5;1-7(2)9-11-8(6-12-9)10(3,4)5;2*1-7(2)9-5-6-10(11-9)8(3)4;1-6(2)8-5-10-9(11-8)7(3)4/h7-10H,1-6H3;2*7-9H,1-6H3;6-10H,1-5H3;2*6-8H,1-5H3;6-7H,1-5H3;2*5-8H,1-4H3;5-7H,1-4H3. The molecule has 0 unspecified atom stereocenters. The highest BCUT2D eigenvalue weighted by Crippen LogP contribution is 2.36. The first kappa shape index (κ1) is 116. The number of hydrogen-bond donors (Lipinski definition) is 0. The maximum absolute atomic E-state index is 5.61. The molecule has 0 N–H and O–H groups in total. The van der Waals surface area contributed by atoms with Crippen LogP contribution in [0.1, 0.15) is 514 Å². The van der Waals surface area contributed by atoms with Crippen molar-refractivity contribution in [2.75, 3.05) is 0 Å². The van der Waals surface area contributed by atoms with Gasteiger partial charge < -0.3 is 8.83 Å². The number of furan rings is 2. The molecule has 0 bridgehead atoms. The number of thiazole rings is 2. The van der Waals surface area contributed by atoms with Crippen LogP contribution in [0.5, 0.6) is 0 Å². The number of hydrogen-bond acceptors (Lipinski definition) is 10. The molecule has 0 aliphatic heterocycles. The Labute approximate surface area is 781 Å². The highest BCUT2D eigenvalue weighted by atomic mass is 32.1. The number of rotatable bonds is 10. The molecule has 696 valence electrons. The van der Waals surface area contributed by atoms with E-state index in [0.29, 0.717) is 64.6 Å². The summed E-state index contributed by atoms with van der Waals surface area (Å²) in [6, 6.07) is 41.7. The summed E-state index contributed by atoms with van der Waals surface area (Å²) in [5.74, 6) is 9.20. The van der Waals surface area contributed by atoms with Crippen LogP contribution in [0.15, 0.2) is 154 Å². The van der Waals surface area contributed by atoms with Crippen molar-refractivity contribution in [3.05, 3.63) is 253 Å². The van der Waals surface area contributed by atoms with Gasteiger partial charge in [0.25, 0.3) is 0 Å². The third kappa shape index (κ3) is 43.4. The first-order valence-electron chi connectivity index (χ1n) is 46.6. The molecule has 6 nitrogen and oxygen atoms in total. The van der Waals surface area contributed by atoms with E-state index in [1.807, 2.05) is 52.7 Å². The van der Waals surface area contributed by atoms with Crippen LogP contribution in [0.4, 0.5) is 0 Å². The summed E-state index contributed by atoms with van der Waals surface area (Å²) in [7, 11) is 0. The van der Waals surface area contributed by atoms with Crippen molar-refractivity contribution in [2.45, 2.75) is 460 Å². The van der Waals surface area contributed by atoms with Gasteiger partial charge >= 0.3 is 0 Å². The second kappa shape index (κ2) is 49.7. The quantitative estimate of drug-likeness (QED) is 0.136. The molecular formula is C114H184N4O2S4. The minimum absolute atomic E-state index is 0.140. The van der Waals surface area contributed by atoms with Crippen LogP contribution in [0.25, 0.3) is 0 Å². The summed E-state index contributed by atoms with van der Waals surface area (Å²) in [6.45, 7) is 111. The number of aromatic nitrogens is 4. The SMILES string of the molecule is CC(C)(C)c1ccc(C(C)(C)C)nc1.CC(C)(C)c1cccc(C(C)(C)C)c1.CC(C)(C)c1cccc(C(C)(C)C)n1.CC(C)c1cc(C(C)(C)C)co1.CC(C)c1cc(C(C)(C)C)cs1.CC(C)c1ccc(C(C)(C)C)cc1.CC(C)c1ccc(C(C)C)o1.CC(C)c1ccc(C(C)C)s1.CC(C)c1cnc(C(C)C)s1.CC(C)c1nc(C(C)(C)C)cs1. The van der Waals surface area contributed by atoms with Crippen LogP contribution in [-0.4, -0.2) is 19.9 Å². The Morgan fingerprint density at radius 2 is 0.629 bits per heavy atom. The van der Waals surface area contributed by atoms with Gasteiger partial charge in [-0.2, -0.15) is 0 Å². The number of benzene rings is 2. The smallest absolute Gasteiger partial charge is 0.106 e. The van der Waals surface area contributed by atoms with Gasteiger partial charge in [-0.15, -0.1) is 45.3 Å². The predicted octanol–water partition coefficient (Wildman–Crippen LogP) is 38.1. The lowest BCUT2D eigenvalue weighted by molar-refractivity contribution is 0.432. The van der Waals surface area contributed by atoms with Gasteiger partial charge in [0.1, 0.15) is 17.3 Å². The second-order valence-corrected chi connectivity index (χ2v) is 51.3. The van der Waals surface area contributed by atoms with E-state index in [1.165, 1.54) is 85.5 Å². The van der Waals surface area contributed by atoms with E-state index in [0.717, 1.165) is 23.0 Å². The van der Waals surface area contributed by atoms with Gasteiger partial charge in [0.2, 0.25) is 0 Å². The molecule has 10 heteroatoms. The largest absolute Gasteiger partial charge is 0.469 e. The average Bonchev–Trinajstić information content (AvgIpc) is 1.10. The molecule has 0 aliphatic rings. The van der Waals surface area contributed by atoms with E-state index >= 15 is 0 Å². The van der Waals surface area contributed by atoms with Gasteiger partial charge in [-0.3, -0.25) is 9.97 Å². The van der Waals surface area contributed by atoms with Gasteiger partial charge in [-0.25, -0.2) is 9.97 Å². The van der Waals surface area contributed by atoms with Crippen molar-refractivity contribution >= 4 is 45.3 Å². The number of pyridine rings is 2. The Kier molecular flexibility index (Phi) is 46.4. The zero-order valence-corrected chi connectivity index (χ0v) is 92.1. The Bertz CT molecular complexity index is 4070. The van der Waals surface area contributed by atoms with Crippen LogP contribution in [0.3, 0.4) is 0 Å². The molecule has 10 aromatic rings. The molecule has 10 rings (SSSR count). The molecule has 0 amide bonds. The maximum atomic E-state index is 5.61. The molecular weight excluding hydrogens is 1590 g/mol. The summed E-state index contributed by atoms with van der Waals surface area (Å²) in [5.41, 5.74) is 16.6. The van der Waals surface area contributed by atoms with Crippen LogP contribution >= 0.6 is 45.3 Å². The summed E-state index contributed by atoms with van der Waals surface area (Å²) in [5, 5.41) is 6.97. The van der Waals surface area contributed by atoms with Crippen LogP contribution in [0.2, 0.25) is 0 Å². The van der Waals surface area contributed by atoms with Crippen molar-refractivity contribution in [1.29, 1.82) is 0 Å². The summed E-state index contributed by atoms with van der Waals surface area (Å²) < 4.78 is 11.1. The molecule has 0 spiro atoms. The second-order valence-electron chi connectivity index (χ2n) is 47.2. The van der Waals surface area contributed by atoms with Gasteiger partial charge in [0.15, 0.2) is 0 Å². The van der Waals surface area contributed by atoms with E-state index in [4.69, 9.17) is 13.8 Å². The normalized spacial score (nSPS) is 12.4. The lowest BCUT2D eigenvalue weighted by Crippen LogP contribution is -2.19. The first-order valence-corrected chi connectivity index (χ1v) is 49.9. The number of nitrogens with zero attached hydrogens (tertiary/aromatic N) is 4. The summed E-state index contributed by atoms with van der Waals surface area (Å²) >= 11 is 7.44. The minimum atomic E-state index is 0.140. The first-order chi connectivity index (χ1) is 56.1. The predicted molar refractivity (Wildman–Crippen MR) is 560 cm³/mol. The van der Waals surface area contributed by atoms with Crippen molar-refractivity contribution < 1.29 is 8.83 Å².